The Hall–Kier alpha value is -1.06. The van der Waals surface area contributed by atoms with E-state index in [0.717, 1.165) is 12.8 Å². The number of amides is 1. The van der Waals surface area contributed by atoms with Crippen molar-refractivity contribution in [2.24, 2.45) is 17.8 Å². The van der Waals surface area contributed by atoms with Crippen molar-refractivity contribution in [3.8, 4) is 0 Å². The Balaban J connectivity index is 1.88. The molecule has 96 valence electrons. The zero-order chi connectivity index (χ0) is 12.4. The summed E-state index contributed by atoms with van der Waals surface area (Å²) in [5.74, 6) is -1.05. The second-order valence-electron chi connectivity index (χ2n) is 5.47. The van der Waals surface area contributed by atoms with E-state index in [1.807, 2.05) is 6.92 Å². The lowest BCUT2D eigenvalue weighted by atomic mass is 9.80. The smallest absolute Gasteiger partial charge is 0.307 e. The fourth-order valence-electron chi connectivity index (χ4n) is 2.96. The van der Waals surface area contributed by atoms with Crippen LogP contribution in [0.25, 0.3) is 0 Å². The van der Waals surface area contributed by atoms with E-state index in [1.54, 1.807) is 0 Å². The van der Waals surface area contributed by atoms with Gasteiger partial charge < -0.3 is 10.4 Å². The van der Waals surface area contributed by atoms with E-state index in [0.29, 0.717) is 12.3 Å². The van der Waals surface area contributed by atoms with Crippen molar-refractivity contribution in [3.05, 3.63) is 0 Å². The number of nitrogens with one attached hydrogen (secondary N) is 1. The molecule has 0 bridgehead atoms. The maximum Gasteiger partial charge on any atom is 0.307 e. The molecule has 2 fully saturated rings. The van der Waals surface area contributed by atoms with Crippen molar-refractivity contribution in [2.75, 3.05) is 0 Å². The van der Waals surface area contributed by atoms with E-state index in [-0.39, 0.29) is 17.9 Å². The average molecular weight is 239 g/mol. The van der Waals surface area contributed by atoms with E-state index in [4.69, 9.17) is 5.11 Å². The second-order valence-corrected chi connectivity index (χ2v) is 5.47. The first-order chi connectivity index (χ1) is 8.09. The van der Waals surface area contributed by atoms with E-state index in [2.05, 4.69) is 5.32 Å². The highest BCUT2D eigenvalue weighted by atomic mass is 16.4. The molecule has 2 rings (SSSR count). The van der Waals surface area contributed by atoms with Crippen molar-refractivity contribution in [3.63, 3.8) is 0 Å². The van der Waals surface area contributed by atoms with E-state index < -0.39 is 11.9 Å². The fourth-order valence-corrected chi connectivity index (χ4v) is 2.96. The van der Waals surface area contributed by atoms with Crippen LogP contribution in [0.15, 0.2) is 0 Å². The quantitative estimate of drug-likeness (QED) is 0.786. The minimum absolute atomic E-state index is 0.0469. The molecule has 1 unspecified atom stereocenters. The molecule has 4 nitrogen and oxygen atoms in total. The van der Waals surface area contributed by atoms with Crippen molar-refractivity contribution >= 4 is 11.9 Å². The third kappa shape index (κ3) is 2.61. The molecule has 3 atom stereocenters. The van der Waals surface area contributed by atoms with Gasteiger partial charge in [0.2, 0.25) is 5.91 Å². The number of carboxylic acids is 1. The number of carbonyl (C=O) groups excluding carboxylic acids is 1. The van der Waals surface area contributed by atoms with Crippen LogP contribution in [-0.4, -0.2) is 23.0 Å². The number of aliphatic carboxylic acids is 1. The Kier molecular flexibility index (Phi) is 3.69. The van der Waals surface area contributed by atoms with Crippen LogP contribution in [0.3, 0.4) is 0 Å². The summed E-state index contributed by atoms with van der Waals surface area (Å²) in [7, 11) is 0. The van der Waals surface area contributed by atoms with Crippen LogP contribution < -0.4 is 5.32 Å². The summed E-state index contributed by atoms with van der Waals surface area (Å²) in [6, 6.07) is 0.200. The van der Waals surface area contributed by atoms with Crippen molar-refractivity contribution < 1.29 is 14.7 Å². The van der Waals surface area contributed by atoms with Gasteiger partial charge in [0.25, 0.3) is 0 Å². The van der Waals surface area contributed by atoms with Crippen molar-refractivity contribution in [1.82, 2.24) is 5.32 Å². The summed E-state index contributed by atoms with van der Waals surface area (Å²) < 4.78 is 0. The zero-order valence-electron chi connectivity index (χ0n) is 10.3. The Morgan fingerprint density at radius 2 is 1.71 bits per heavy atom. The van der Waals surface area contributed by atoms with Crippen LogP contribution in [0.1, 0.15) is 45.4 Å². The third-order valence-electron chi connectivity index (χ3n) is 4.40. The lowest BCUT2D eigenvalue weighted by molar-refractivity contribution is -0.146. The van der Waals surface area contributed by atoms with Crippen LogP contribution in [0, 0.1) is 17.8 Å². The van der Waals surface area contributed by atoms with E-state index >= 15 is 0 Å². The van der Waals surface area contributed by atoms with Gasteiger partial charge >= 0.3 is 5.97 Å². The van der Waals surface area contributed by atoms with Gasteiger partial charge in [-0.15, -0.1) is 0 Å². The third-order valence-corrected chi connectivity index (χ3v) is 4.40. The van der Waals surface area contributed by atoms with Crippen molar-refractivity contribution in [1.29, 1.82) is 0 Å². The zero-order valence-corrected chi connectivity index (χ0v) is 10.3. The first-order valence-electron chi connectivity index (χ1n) is 6.62. The lowest BCUT2D eigenvalue weighted by Crippen LogP contribution is -2.44. The average Bonchev–Trinajstić information content (AvgIpc) is 2.62. The Morgan fingerprint density at radius 3 is 2.24 bits per heavy atom. The normalized spacial score (nSPS) is 30.6. The molecule has 2 aliphatic carbocycles. The summed E-state index contributed by atoms with van der Waals surface area (Å²) in [4.78, 5) is 23.1. The molecule has 4 heteroatoms. The molecule has 0 spiro atoms. The maximum absolute atomic E-state index is 12.0. The lowest BCUT2D eigenvalue weighted by Gasteiger charge is -2.32. The van der Waals surface area contributed by atoms with Gasteiger partial charge in [-0.05, 0) is 38.5 Å². The predicted octanol–water partition coefficient (Wildman–Crippen LogP) is 1.79. The van der Waals surface area contributed by atoms with Crippen LogP contribution in [0.4, 0.5) is 0 Å². The monoisotopic (exact) mass is 239 g/mol. The maximum atomic E-state index is 12.0. The molecule has 17 heavy (non-hydrogen) atoms. The minimum atomic E-state index is -0.820. The Morgan fingerprint density at radius 1 is 1.12 bits per heavy atom. The molecule has 2 N–H and O–H groups in total. The molecule has 0 radical (unpaired) electrons. The van der Waals surface area contributed by atoms with Crippen LogP contribution in [-0.2, 0) is 9.59 Å². The number of rotatable bonds is 4. The van der Waals surface area contributed by atoms with Crippen molar-refractivity contribution in [2.45, 2.75) is 51.5 Å². The summed E-state index contributed by atoms with van der Waals surface area (Å²) in [6.45, 7) is 2.03. The summed E-state index contributed by atoms with van der Waals surface area (Å²) in [5.41, 5.74) is 0. The standard InChI is InChI=1S/C13H21NO3/c1-8(9-4-2-5-9)14-12(15)10-6-3-7-11(10)13(16)17/h8-11H,2-7H2,1H3,(H,14,15)(H,16,17)/t8?,10-,11+/m1/s1. The van der Waals surface area contributed by atoms with Gasteiger partial charge in [0.1, 0.15) is 0 Å². The molecule has 0 aromatic carbocycles. The van der Waals surface area contributed by atoms with E-state index in [9.17, 15) is 9.59 Å². The highest BCUT2D eigenvalue weighted by Gasteiger charge is 2.38. The SMILES string of the molecule is CC(NC(=O)[C@@H]1CCC[C@@H]1C(=O)O)C1CCC1. The molecule has 2 saturated carbocycles. The molecule has 0 aliphatic heterocycles. The first-order valence-corrected chi connectivity index (χ1v) is 6.62. The Bertz CT molecular complexity index is 312. The van der Waals surface area contributed by atoms with Gasteiger partial charge in [0.05, 0.1) is 11.8 Å². The van der Waals surface area contributed by atoms with Gasteiger partial charge in [-0.3, -0.25) is 9.59 Å². The largest absolute Gasteiger partial charge is 0.481 e. The molecular weight excluding hydrogens is 218 g/mol. The number of carbonyl (C=O) groups is 2. The number of hydrogen-bond acceptors (Lipinski definition) is 2. The minimum Gasteiger partial charge on any atom is -0.481 e. The predicted molar refractivity (Wildman–Crippen MR) is 63.4 cm³/mol. The topological polar surface area (TPSA) is 66.4 Å². The van der Waals surface area contributed by atoms with Crippen LogP contribution in [0.5, 0.6) is 0 Å². The van der Waals surface area contributed by atoms with Crippen LogP contribution >= 0.6 is 0 Å². The van der Waals surface area contributed by atoms with Gasteiger partial charge in [-0.1, -0.05) is 12.8 Å². The molecule has 0 heterocycles. The van der Waals surface area contributed by atoms with Gasteiger partial charge in [0, 0.05) is 6.04 Å². The second kappa shape index (κ2) is 5.07. The van der Waals surface area contributed by atoms with E-state index in [1.165, 1.54) is 19.3 Å². The van der Waals surface area contributed by atoms with Crippen LogP contribution in [0.2, 0.25) is 0 Å². The fraction of sp³-hybridized carbons (Fsp3) is 0.846. The molecule has 0 aromatic rings. The number of carboxylic acid groups (broad SMARTS) is 1. The summed E-state index contributed by atoms with van der Waals surface area (Å²) in [6.07, 6.45) is 5.85. The molecular formula is C13H21NO3. The molecule has 0 saturated heterocycles. The molecule has 0 aromatic heterocycles. The van der Waals surface area contributed by atoms with Gasteiger partial charge in [-0.2, -0.15) is 0 Å². The highest BCUT2D eigenvalue weighted by Crippen LogP contribution is 2.33. The Labute approximate surface area is 102 Å². The summed E-state index contributed by atoms with van der Waals surface area (Å²) >= 11 is 0. The number of hydrogen-bond donors (Lipinski definition) is 2. The highest BCUT2D eigenvalue weighted by molar-refractivity contribution is 5.85. The summed E-state index contributed by atoms with van der Waals surface area (Å²) in [5, 5.41) is 12.1. The first kappa shape index (κ1) is 12.4. The molecule has 1 amide bonds. The molecule has 2 aliphatic rings. The van der Waals surface area contributed by atoms with Gasteiger partial charge in [0.15, 0.2) is 0 Å². The van der Waals surface area contributed by atoms with Gasteiger partial charge in [-0.25, -0.2) is 0 Å².